The SMILES string of the molecule is Cc1csc(CCNC(=O)N2CCC(C(=O)O)CC2C)n1. The van der Waals surface area contributed by atoms with Crippen LogP contribution in [0, 0.1) is 12.8 Å². The largest absolute Gasteiger partial charge is 0.481 e. The van der Waals surface area contributed by atoms with Gasteiger partial charge in [0.05, 0.1) is 10.9 Å². The van der Waals surface area contributed by atoms with Crippen LogP contribution in [0.5, 0.6) is 0 Å². The lowest BCUT2D eigenvalue weighted by Crippen LogP contribution is -2.50. The van der Waals surface area contributed by atoms with Crippen molar-refractivity contribution in [3.05, 3.63) is 16.1 Å². The number of nitrogens with zero attached hydrogens (tertiary/aromatic N) is 2. The molecule has 0 radical (unpaired) electrons. The molecular weight excluding hydrogens is 290 g/mol. The Morgan fingerprint density at radius 2 is 2.33 bits per heavy atom. The smallest absolute Gasteiger partial charge is 0.317 e. The molecule has 0 bridgehead atoms. The van der Waals surface area contributed by atoms with Crippen molar-refractivity contribution in [3.63, 3.8) is 0 Å². The molecule has 2 heterocycles. The van der Waals surface area contributed by atoms with Gasteiger partial charge in [-0.15, -0.1) is 11.3 Å². The van der Waals surface area contributed by atoms with Crippen LogP contribution >= 0.6 is 11.3 Å². The van der Waals surface area contributed by atoms with Crippen LogP contribution in [-0.2, 0) is 11.2 Å². The van der Waals surface area contributed by atoms with Gasteiger partial charge < -0.3 is 15.3 Å². The molecule has 2 rings (SSSR count). The van der Waals surface area contributed by atoms with E-state index < -0.39 is 5.97 Å². The Balaban J connectivity index is 1.77. The van der Waals surface area contributed by atoms with Crippen LogP contribution in [0.4, 0.5) is 4.79 Å². The Bertz CT molecular complexity index is 517. The first-order valence-electron chi connectivity index (χ1n) is 7.15. The summed E-state index contributed by atoms with van der Waals surface area (Å²) in [6, 6.07) is -0.151. The third-order valence-electron chi connectivity index (χ3n) is 3.77. The molecule has 1 aromatic heterocycles. The average molecular weight is 311 g/mol. The van der Waals surface area contributed by atoms with Crippen LogP contribution in [0.25, 0.3) is 0 Å². The molecule has 7 heteroatoms. The maximum absolute atomic E-state index is 12.1. The number of aryl methyl sites for hydroxylation is 1. The van der Waals surface area contributed by atoms with Crippen molar-refractivity contribution in [3.8, 4) is 0 Å². The Labute approximate surface area is 128 Å². The summed E-state index contributed by atoms with van der Waals surface area (Å²) in [5, 5.41) is 14.9. The third-order valence-corrected chi connectivity index (χ3v) is 4.79. The number of rotatable bonds is 4. The van der Waals surface area contributed by atoms with Gasteiger partial charge in [0.15, 0.2) is 0 Å². The highest BCUT2D eigenvalue weighted by atomic mass is 32.1. The maximum atomic E-state index is 12.1. The number of aromatic nitrogens is 1. The summed E-state index contributed by atoms with van der Waals surface area (Å²) in [6.45, 7) is 4.91. The number of hydrogen-bond donors (Lipinski definition) is 2. The fraction of sp³-hybridized carbons (Fsp3) is 0.643. The molecule has 2 atom stereocenters. The van der Waals surface area contributed by atoms with Gasteiger partial charge in [-0.3, -0.25) is 4.79 Å². The van der Waals surface area contributed by atoms with E-state index >= 15 is 0 Å². The summed E-state index contributed by atoms with van der Waals surface area (Å²) in [4.78, 5) is 29.2. The summed E-state index contributed by atoms with van der Waals surface area (Å²) >= 11 is 1.60. The summed E-state index contributed by atoms with van der Waals surface area (Å²) in [5.41, 5.74) is 1.01. The van der Waals surface area contributed by atoms with Crippen molar-refractivity contribution in [2.75, 3.05) is 13.1 Å². The van der Waals surface area contributed by atoms with E-state index in [1.54, 1.807) is 16.2 Å². The zero-order valence-electron chi connectivity index (χ0n) is 12.3. The van der Waals surface area contributed by atoms with Gasteiger partial charge in [-0.2, -0.15) is 0 Å². The number of hydrogen-bond acceptors (Lipinski definition) is 4. The summed E-state index contributed by atoms with van der Waals surface area (Å²) < 4.78 is 0. The molecule has 1 fully saturated rings. The standard InChI is InChI=1S/C14H21N3O3S/c1-9-8-21-12(16-9)3-5-15-14(20)17-6-4-11(13(18)19)7-10(17)2/h8,10-11H,3-7H2,1-2H3,(H,15,20)(H,18,19). The summed E-state index contributed by atoms with van der Waals surface area (Å²) in [7, 11) is 0. The molecule has 1 aliphatic rings. The second-order valence-electron chi connectivity index (χ2n) is 5.47. The van der Waals surface area contributed by atoms with Crippen LogP contribution in [-0.4, -0.2) is 46.1 Å². The van der Waals surface area contributed by atoms with Gasteiger partial charge in [0.2, 0.25) is 0 Å². The van der Waals surface area contributed by atoms with E-state index in [2.05, 4.69) is 10.3 Å². The molecule has 1 aliphatic heterocycles. The molecule has 6 nitrogen and oxygen atoms in total. The first-order valence-corrected chi connectivity index (χ1v) is 8.03. The highest BCUT2D eigenvalue weighted by molar-refractivity contribution is 7.09. The predicted octanol–water partition coefficient (Wildman–Crippen LogP) is 1.89. The van der Waals surface area contributed by atoms with Gasteiger partial charge in [0, 0.05) is 36.6 Å². The molecule has 0 spiro atoms. The van der Waals surface area contributed by atoms with Crippen molar-refractivity contribution >= 4 is 23.3 Å². The Morgan fingerprint density at radius 3 is 2.90 bits per heavy atom. The van der Waals surface area contributed by atoms with Crippen molar-refractivity contribution in [1.82, 2.24) is 15.2 Å². The molecule has 0 saturated carbocycles. The van der Waals surface area contributed by atoms with Crippen LogP contribution in [0.15, 0.2) is 5.38 Å². The molecule has 2 unspecified atom stereocenters. The minimum Gasteiger partial charge on any atom is -0.481 e. The number of likely N-dealkylation sites (tertiary alicyclic amines) is 1. The quantitative estimate of drug-likeness (QED) is 0.889. The monoisotopic (exact) mass is 311 g/mol. The zero-order chi connectivity index (χ0) is 15.4. The summed E-state index contributed by atoms with van der Waals surface area (Å²) in [5.74, 6) is -1.09. The first-order chi connectivity index (χ1) is 9.97. The van der Waals surface area contributed by atoms with Gasteiger partial charge in [0.1, 0.15) is 0 Å². The van der Waals surface area contributed by atoms with Crippen molar-refractivity contribution in [2.45, 2.75) is 39.2 Å². The van der Waals surface area contributed by atoms with E-state index in [1.807, 2.05) is 19.2 Å². The number of amides is 2. The molecule has 0 aliphatic carbocycles. The molecule has 0 aromatic carbocycles. The Kier molecular flexibility index (Phi) is 5.17. The van der Waals surface area contributed by atoms with Crippen molar-refractivity contribution < 1.29 is 14.7 Å². The fourth-order valence-corrected chi connectivity index (χ4v) is 3.37. The van der Waals surface area contributed by atoms with E-state index in [4.69, 9.17) is 5.11 Å². The van der Waals surface area contributed by atoms with Gasteiger partial charge in [0.25, 0.3) is 0 Å². The minimum absolute atomic E-state index is 0.0399. The number of carboxylic acid groups (broad SMARTS) is 1. The van der Waals surface area contributed by atoms with E-state index in [0.29, 0.717) is 25.9 Å². The maximum Gasteiger partial charge on any atom is 0.317 e. The molecule has 116 valence electrons. The lowest BCUT2D eigenvalue weighted by Gasteiger charge is -2.36. The van der Waals surface area contributed by atoms with Crippen molar-refractivity contribution in [2.24, 2.45) is 5.92 Å². The molecule has 1 saturated heterocycles. The van der Waals surface area contributed by atoms with E-state index in [1.165, 1.54) is 0 Å². The van der Waals surface area contributed by atoms with E-state index in [0.717, 1.165) is 17.1 Å². The van der Waals surface area contributed by atoms with Crippen LogP contribution in [0.2, 0.25) is 0 Å². The number of urea groups is 1. The molecule has 21 heavy (non-hydrogen) atoms. The number of nitrogens with one attached hydrogen (secondary N) is 1. The number of aliphatic carboxylic acids is 1. The highest BCUT2D eigenvalue weighted by Gasteiger charge is 2.31. The number of carboxylic acids is 1. The number of carbonyl (C=O) groups is 2. The average Bonchev–Trinajstić information content (AvgIpc) is 2.84. The molecule has 2 amide bonds. The third kappa shape index (κ3) is 4.17. The summed E-state index contributed by atoms with van der Waals surface area (Å²) in [6.07, 6.45) is 1.78. The highest BCUT2D eigenvalue weighted by Crippen LogP contribution is 2.22. The molecular formula is C14H21N3O3S. The Hall–Kier alpha value is -1.63. The van der Waals surface area contributed by atoms with E-state index in [-0.39, 0.29) is 18.0 Å². The Morgan fingerprint density at radius 1 is 1.57 bits per heavy atom. The van der Waals surface area contributed by atoms with Crippen LogP contribution in [0.1, 0.15) is 30.5 Å². The first kappa shape index (κ1) is 15.8. The predicted molar refractivity (Wildman–Crippen MR) is 80.5 cm³/mol. The second kappa shape index (κ2) is 6.89. The minimum atomic E-state index is -0.763. The van der Waals surface area contributed by atoms with Crippen LogP contribution in [0.3, 0.4) is 0 Å². The normalized spacial score (nSPS) is 22.1. The number of carbonyl (C=O) groups excluding carboxylic acids is 1. The zero-order valence-corrected chi connectivity index (χ0v) is 13.2. The lowest BCUT2D eigenvalue weighted by atomic mass is 9.92. The number of thiazole rings is 1. The fourth-order valence-electron chi connectivity index (χ4n) is 2.59. The van der Waals surface area contributed by atoms with E-state index in [9.17, 15) is 9.59 Å². The van der Waals surface area contributed by atoms with Gasteiger partial charge in [-0.25, -0.2) is 9.78 Å². The van der Waals surface area contributed by atoms with Crippen LogP contribution < -0.4 is 5.32 Å². The molecule has 1 aromatic rings. The topological polar surface area (TPSA) is 82.5 Å². The van der Waals surface area contributed by atoms with Crippen molar-refractivity contribution in [1.29, 1.82) is 0 Å². The van der Waals surface area contributed by atoms with Gasteiger partial charge in [-0.05, 0) is 26.7 Å². The molecule has 2 N–H and O–H groups in total. The number of piperidine rings is 1. The van der Waals surface area contributed by atoms with Gasteiger partial charge >= 0.3 is 12.0 Å². The lowest BCUT2D eigenvalue weighted by molar-refractivity contribution is -0.143. The second-order valence-corrected chi connectivity index (χ2v) is 6.41. The van der Waals surface area contributed by atoms with Gasteiger partial charge in [-0.1, -0.05) is 0 Å².